The largest absolute Gasteiger partial charge is 0.496 e. The SMILES string of the molecule is COc1ccccc1CCNC(=O)CSc1ccc(-c2cc(OC)c(OC)c(OC)c2)nn1. The summed E-state index contributed by atoms with van der Waals surface area (Å²) in [5.74, 6) is 2.60. The van der Waals surface area contributed by atoms with Crippen molar-refractivity contribution in [2.24, 2.45) is 0 Å². The molecule has 0 radical (unpaired) electrons. The Morgan fingerprint density at radius 1 is 0.879 bits per heavy atom. The quantitative estimate of drug-likeness (QED) is 0.426. The minimum atomic E-state index is -0.0644. The third-order valence-electron chi connectivity index (χ3n) is 4.86. The summed E-state index contributed by atoms with van der Waals surface area (Å²) in [6, 6.07) is 15.1. The van der Waals surface area contributed by atoms with Crippen molar-refractivity contribution >= 4 is 17.7 Å². The van der Waals surface area contributed by atoms with Gasteiger partial charge in [-0.05, 0) is 42.3 Å². The highest BCUT2D eigenvalue weighted by molar-refractivity contribution is 7.99. The second-order valence-corrected chi connectivity index (χ2v) is 7.87. The van der Waals surface area contributed by atoms with Gasteiger partial charge in [-0.25, -0.2) is 0 Å². The average Bonchev–Trinajstić information content (AvgIpc) is 2.87. The maximum atomic E-state index is 12.2. The maximum absolute atomic E-state index is 12.2. The molecule has 1 aromatic heterocycles. The van der Waals surface area contributed by atoms with E-state index < -0.39 is 0 Å². The van der Waals surface area contributed by atoms with Crippen molar-refractivity contribution in [2.45, 2.75) is 11.4 Å². The van der Waals surface area contributed by atoms with Gasteiger partial charge in [0, 0.05) is 12.1 Å². The molecule has 1 heterocycles. The summed E-state index contributed by atoms with van der Waals surface area (Å²) in [6.07, 6.45) is 0.698. The molecule has 0 aliphatic rings. The second kappa shape index (κ2) is 12.0. The fraction of sp³-hybridized carbons (Fsp3) is 0.292. The molecule has 0 saturated heterocycles. The highest BCUT2D eigenvalue weighted by Crippen LogP contribution is 2.40. The predicted octanol–water partition coefficient (Wildman–Crippen LogP) is 3.63. The molecule has 0 bridgehead atoms. The van der Waals surface area contributed by atoms with Gasteiger partial charge >= 0.3 is 0 Å². The van der Waals surface area contributed by atoms with E-state index in [2.05, 4.69) is 15.5 Å². The number of hydrogen-bond donors (Lipinski definition) is 1. The number of aromatic nitrogens is 2. The first-order valence-electron chi connectivity index (χ1n) is 10.2. The number of hydrogen-bond acceptors (Lipinski definition) is 8. The van der Waals surface area contributed by atoms with Gasteiger partial charge in [-0.1, -0.05) is 30.0 Å². The number of ether oxygens (including phenoxy) is 4. The van der Waals surface area contributed by atoms with Crippen LogP contribution in [-0.4, -0.2) is 56.8 Å². The Bertz CT molecular complexity index is 1050. The highest BCUT2D eigenvalue weighted by atomic mass is 32.2. The van der Waals surface area contributed by atoms with Crippen molar-refractivity contribution in [3.8, 4) is 34.3 Å². The Morgan fingerprint density at radius 2 is 1.58 bits per heavy atom. The molecule has 0 unspecified atom stereocenters. The Kier molecular flexibility index (Phi) is 8.77. The van der Waals surface area contributed by atoms with Crippen molar-refractivity contribution in [2.75, 3.05) is 40.7 Å². The van der Waals surface area contributed by atoms with Crippen molar-refractivity contribution in [1.82, 2.24) is 15.5 Å². The zero-order valence-corrected chi connectivity index (χ0v) is 19.9. The van der Waals surface area contributed by atoms with Crippen LogP contribution in [0.4, 0.5) is 0 Å². The molecule has 1 N–H and O–H groups in total. The lowest BCUT2D eigenvalue weighted by Gasteiger charge is -2.13. The van der Waals surface area contributed by atoms with Crippen LogP contribution in [0.5, 0.6) is 23.0 Å². The highest BCUT2D eigenvalue weighted by Gasteiger charge is 2.15. The van der Waals surface area contributed by atoms with Crippen LogP contribution in [0.15, 0.2) is 53.6 Å². The molecule has 2 aromatic carbocycles. The summed E-state index contributed by atoms with van der Waals surface area (Å²) in [5.41, 5.74) is 2.49. The fourth-order valence-electron chi connectivity index (χ4n) is 3.22. The van der Waals surface area contributed by atoms with Gasteiger partial charge in [0.25, 0.3) is 0 Å². The van der Waals surface area contributed by atoms with Gasteiger partial charge in [-0.2, -0.15) is 0 Å². The number of rotatable bonds is 11. The van der Waals surface area contributed by atoms with Crippen LogP contribution < -0.4 is 24.3 Å². The van der Waals surface area contributed by atoms with Gasteiger partial charge in [-0.15, -0.1) is 10.2 Å². The molecule has 0 aliphatic heterocycles. The Morgan fingerprint density at radius 3 is 2.18 bits per heavy atom. The van der Waals surface area contributed by atoms with Gasteiger partial charge in [0.15, 0.2) is 11.5 Å². The van der Waals surface area contributed by atoms with Crippen LogP contribution in [0.1, 0.15) is 5.56 Å². The van der Waals surface area contributed by atoms with Gasteiger partial charge in [0.1, 0.15) is 10.8 Å². The van der Waals surface area contributed by atoms with Crippen LogP contribution in [0.25, 0.3) is 11.3 Å². The smallest absolute Gasteiger partial charge is 0.230 e. The topological polar surface area (TPSA) is 91.8 Å². The van der Waals surface area contributed by atoms with Crippen LogP contribution in [0.3, 0.4) is 0 Å². The minimum Gasteiger partial charge on any atom is -0.496 e. The minimum absolute atomic E-state index is 0.0644. The number of nitrogens with one attached hydrogen (secondary N) is 1. The molecule has 0 atom stereocenters. The van der Waals surface area contributed by atoms with E-state index in [1.165, 1.54) is 11.8 Å². The number of thioether (sulfide) groups is 1. The summed E-state index contributed by atoms with van der Waals surface area (Å²) in [4.78, 5) is 12.2. The van der Waals surface area contributed by atoms with E-state index in [1.54, 1.807) is 28.4 Å². The Balaban J connectivity index is 1.55. The third kappa shape index (κ3) is 6.29. The molecule has 0 saturated carbocycles. The summed E-state index contributed by atoms with van der Waals surface area (Å²) >= 11 is 1.33. The van der Waals surface area contributed by atoms with Crippen molar-refractivity contribution in [1.29, 1.82) is 0 Å². The average molecular weight is 470 g/mol. The van der Waals surface area contributed by atoms with Crippen LogP contribution in [-0.2, 0) is 11.2 Å². The lowest BCUT2D eigenvalue weighted by atomic mass is 10.1. The standard InChI is InChI=1S/C24H27N3O5S/c1-29-19-8-6-5-7-16(19)11-12-25-22(28)15-33-23-10-9-18(26-27-23)17-13-20(30-2)24(32-4)21(14-17)31-3/h5-10,13-14H,11-12,15H2,1-4H3,(H,25,28). The van der Waals surface area contributed by atoms with Crippen LogP contribution in [0.2, 0.25) is 0 Å². The number of amides is 1. The lowest BCUT2D eigenvalue weighted by Crippen LogP contribution is -2.27. The van der Waals surface area contributed by atoms with Gasteiger partial charge < -0.3 is 24.3 Å². The normalized spacial score (nSPS) is 10.4. The van der Waals surface area contributed by atoms with E-state index in [-0.39, 0.29) is 11.7 Å². The van der Waals surface area contributed by atoms with E-state index in [9.17, 15) is 4.79 Å². The number of benzene rings is 2. The molecule has 0 fully saturated rings. The summed E-state index contributed by atoms with van der Waals surface area (Å²) < 4.78 is 21.5. The van der Waals surface area contributed by atoms with Gasteiger partial charge in [-0.3, -0.25) is 4.79 Å². The zero-order chi connectivity index (χ0) is 23.6. The Hall–Kier alpha value is -3.46. The lowest BCUT2D eigenvalue weighted by molar-refractivity contribution is -0.118. The predicted molar refractivity (Wildman–Crippen MR) is 128 cm³/mol. The molecule has 0 spiro atoms. The van der Waals surface area contributed by atoms with E-state index in [4.69, 9.17) is 18.9 Å². The van der Waals surface area contributed by atoms with E-state index in [1.807, 2.05) is 48.5 Å². The van der Waals surface area contributed by atoms with E-state index in [0.29, 0.717) is 40.9 Å². The number of carbonyl (C=O) groups is 1. The molecule has 3 aromatic rings. The van der Waals surface area contributed by atoms with Gasteiger partial charge in [0.2, 0.25) is 11.7 Å². The summed E-state index contributed by atoms with van der Waals surface area (Å²) in [5, 5.41) is 12.1. The van der Waals surface area contributed by atoms with Crippen molar-refractivity contribution in [3.63, 3.8) is 0 Å². The van der Waals surface area contributed by atoms with Crippen LogP contribution in [0, 0.1) is 0 Å². The number of para-hydroxylation sites is 1. The molecule has 33 heavy (non-hydrogen) atoms. The van der Waals surface area contributed by atoms with Crippen LogP contribution >= 0.6 is 11.8 Å². The summed E-state index contributed by atoms with van der Waals surface area (Å²) in [6.45, 7) is 0.533. The maximum Gasteiger partial charge on any atom is 0.230 e. The number of methoxy groups -OCH3 is 4. The molecule has 1 amide bonds. The van der Waals surface area contributed by atoms with Gasteiger partial charge in [0.05, 0.1) is 39.9 Å². The zero-order valence-electron chi connectivity index (χ0n) is 19.1. The molecule has 174 valence electrons. The molecule has 8 nitrogen and oxygen atoms in total. The fourth-order valence-corrected chi connectivity index (χ4v) is 3.86. The number of nitrogens with zero attached hydrogens (tertiary/aromatic N) is 2. The van der Waals surface area contributed by atoms with E-state index in [0.717, 1.165) is 16.9 Å². The third-order valence-corrected chi connectivity index (χ3v) is 5.78. The Labute approximate surface area is 197 Å². The monoisotopic (exact) mass is 469 g/mol. The first kappa shape index (κ1) is 24.2. The van der Waals surface area contributed by atoms with Crippen molar-refractivity contribution < 1.29 is 23.7 Å². The van der Waals surface area contributed by atoms with Crippen molar-refractivity contribution in [3.05, 3.63) is 54.1 Å². The first-order chi connectivity index (χ1) is 16.1. The molecule has 0 aliphatic carbocycles. The first-order valence-corrected chi connectivity index (χ1v) is 11.2. The molecular weight excluding hydrogens is 442 g/mol. The molecule has 9 heteroatoms. The summed E-state index contributed by atoms with van der Waals surface area (Å²) in [7, 11) is 6.32. The van der Waals surface area contributed by atoms with E-state index >= 15 is 0 Å². The second-order valence-electron chi connectivity index (χ2n) is 6.87. The molecule has 3 rings (SSSR count). The number of carbonyl (C=O) groups excluding carboxylic acids is 1. The molecular formula is C24H27N3O5S.